The number of anilines is 1. The molecule has 0 atom stereocenters. The van der Waals surface area contributed by atoms with Crippen LogP contribution in [0.2, 0.25) is 0 Å². The van der Waals surface area contributed by atoms with Gasteiger partial charge in [0.2, 0.25) is 5.89 Å². The summed E-state index contributed by atoms with van der Waals surface area (Å²) >= 11 is 5.58. The molecule has 0 fully saturated rings. The largest absolute Gasteiger partial charge is 0.407 e. The Morgan fingerprint density at radius 2 is 2.25 bits per heavy atom. The van der Waals surface area contributed by atoms with Gasteiger partial charge in [0.1, 0.15) is 5.88 Å². The fourth-order valence-electron chi connectivity index (χ4n) is 1.26. The molecule has 0 aliphatic heterocycles. The van der Waals surface area contributed by atoms with E-state index in [0.29, 0.717) is 18.5 Å². The van der Waals surface area contributed by atoms with Gasteiger partial charge in [-0.3, -0.25) is 4.98 Å². The van der Waals surface area contributed by atoms with Gasteiger partial charge in [-0.25, -0.2) is 0 Å². The number of halogens is 1. The molecule has 5 nitrogen and oxygen atoms in total. The van der Waals surface area contributed by atoms with E-state index in [4.69, 9.17) is 16.0 Å². The molecule has 0 radical (unpaired) electrons. The van der Waals surface area contributed by atoms with E-state index in [1.807, 2.05) is 30.1 Å². The maximum Gasteiger partial charge on any atom is 0.318 e. The van der Waals surface area contributed by atoms with Gasteiger partial charge >= 0.3 is 6.01 Å². The van der Waals surface area contributed by atoms with E-state index >= 15 is 0 Å². The molecule has 6 heteroatoms. The van der Waals surface area contributed by atoms with E-state index in [1.165, 1.54) is 0 Å². The third kappa shape index (κ3) is 2.49. The first-order valence-corrected chi connectivity index (χ1v) is 5.32. The number of hydrogen-bond donors (Lipinski definition) is 0. The van der Waals surface area contributed by atoms with Crippen molar-refractivity contribution in [2.45, 2.75) is 12.4 Å². The van der Waals surface area contributed by atoms with Crippen molar-refractivity contribution in [3.05, 3.63) is 36.0 Å². The molecule has 0 bridgehead atoms. The van der Waals surface area contributed by atoms with Crippen molar-refractivity contribution in [3.63, 3.8) is 0 Å². The lowest BCUT2D eigenvalue weighted by molar-refractivity contribution is 0.506. The maximum atomic E-state index is 5.58. The van der Waals surface area contributed by atoms with Gasteiger partial charge in [0, 0.05) is 13.2 Å². The minimum Gasteiger partial charge on any atom is -0.407 e. The Hall–Kier alpha value is -1.62. The van der Waals surface area contributed by atoms with Gasteiger partial charge in [-0.05, 0) is 12.1 Å². The van der Waals surface area contributed by atoms with Gasteiger partial charge in [-0.15, -0.1) is 16.7 Å². The summed E-state index contributed by atoms with van der Waals surface area (Å²) in [6.45, 7) is 0.616. The molecule has 0 amide bonds. The number of pyridine rings is 1. The van der Waals surface area contributed by atoms with Crippen molar-refractivity contribution < 1.29 is 4.42 Å². The second-order valence-electron chi connectivity index (χ2n) is 3.29. The summed E-state index contributed by atoms with van der Waals surface area (Å²) in [6, 6.07) is 6.20. The first kappa shape index (κ1) is 10.9. The standard InChI is InChI=1S/C10H11ClN4O/c1-15(7-8-4-2-3-5-12-8)10-14-13-9(6-11)16-10/h2-5H,6-7H2,1H3. The molecule has 0 aliphatic rings. The topological polar surface area (TPSA) is 55.1 Å². The zero-order valence-electron chi connectivity index (χ0n) is 8.80. The second kappa shape index (κ2) is 4.94. The highest BCUT2D eigenvalue weighted by Gasteiger charge is 2.10. The fourth-order valence-corrected chi connectivity index (χ4v) is 1.36. The highest BCUT2D eigenvalue weighted by Crippen LogP contribution is 2.13. The summed E-state index contributed by atoms with van der Waals surface area (Å²) in [5.74, 6) is 0.647. The number of alkyl halides is 1. The predicted octanol–water partition coefficient (Wildman–Crippen LogP) is 1.84. The lowest BCUT2D eigenvalue weighted by Gasteiger charge is -2.12. The Bertz CT molecular complexity index is 445. The van der Waals surface area contributed by atoms with Crippen LogP contribution in [0.5, 0.6) is 0 Å². The van der Waals surface area contributed by atoms with Crippen molar-refractivity contribution in [1.29, 1.82) is 0 Å². The number of nitrogens with zero attached hydrogens (tertiary/aromatic N) is 4. The van der Waals surface area contributed by atoms with E-state index in [1.54, 1.807) is 6.20 Å². The summed E-state index contributed by atoms with van der Waals surface area (Å²) in [6.07, 6.45) is 1.75. The molecule has 0 unspecified atom stereocenters. The number of rotatable bonds is 4. The van der Waals surface area contributed by atoms with Crippen LogP contribution in [-0.4, -0.2) is 22.2 Å². The van der Waals surface area contributed by atoms with Crippen molar-refractivity contribution >= 4 is 17.6 Å². The zero-order valence-corrected chi connectivity index (χ0v) is 9.55. The van der Waals surface area contributed by atoms with E-state index in [-0.39, 0.29) is 5.88 Å². The molecule has 2 heterocycles. The van der Waals surface area contributed by atoms with Gasteiger partial charge in [0.05, 0.1) is 12.2 Å². The molecule has 2 aromatic rings. The minimum atomic E-state index is 0.227. The van der Waals surface area contributed by atoms with Gasteiger partial charge in [-0.2, -0.15) is 0 Å². The highest BCUT2D eigenvalue weighted by molar-refractivity contribution is 6.16. The number of aromatic nitrogens is 3. The van der Waals surface area contributed by atoms with Crippen molar-refractivity contribution in [3.8, 4) is 0 Å². The van der Waals surface area contributed by atoms with Crippen LogP contribution in [-0.2, 0) is 12.4 Å². The Labute approximate surface area is 98.1 Å². The summed E-state index contributed by atoms with van der Waals surface area (Å²) in [4.78, 5) is 6.04. The van der Waals surface area contributed by atoms with Crippen molar-refractivity contribution in [2.75, 3.05) is 11.9 Å². The van der Waals surface area contributed by atoms with Crippen molar-refractivity contribution in [1.82, 2.24) is 15.2 Å². The maximum absolute atomic E-state index is 5.58. The monoisotopic (exact) mass is 238 g/mol. The first-order valence-electron chi connectivity index (χ1n) is 4.79. The van der Waals surface area contributed by atoms with Crippen LogP contribution in [0, 0.1) is 0 Å². The summed E-state index contributed by atoms with van der Waals surface area (Å²) in [5.41, 5.74) is 0.940. The molecule has 0 aromatic carbocycles. The number of hydrogen-bond acceptors (Lipinski definition) is 5. The Kier molecular flexibility index (Phi) is 3.36. The Morgan fingerprint density at radius 1 is 1.38 bits per heavy atom. The van der Waals surface area contributed by atoms with Crippen LogP contribution in [0.1, 0.15) is 11.6 Å². The summed E-state index contributed by atoms with van der Waals surface area (Å²) < 4.78 is 5.31. The lowest BCUT2D eigenvalue weighted by atomic mass is 10.3. The van der Waals surface area contributed by atoms with E-state index in [9.17, 15) is 0 Å². The summed E-state index contributed by atoms with van der Waals surface area (Å²) in [7, 11) is 1.86. The summed E-state index contributed by atoms with van der Waals surface area (Å²) in [5, 5.41) is 7.67. The molecule has 0 saturated heterocycles. The SMILES string of the molecule is CN(Cc1ccccn1)c1nnc(CCl)o1. The second-order valence-corrected chi connectivity index (χ2v) is 3.56. The fraction of sp³-hybridized carbons (Fsp3) is 0.300. The molecule has 2 rings (SSSR count). The van der Waals surface area contributed by atoms with E-state index < -0.39 is 0 Å². The molecule has 0 N–H and O–H groups in total. The smallest absolute Gasteiger partial charge is 0.318 e. The molecule has 0 spiro atoms. The van der Waals surface area contributed by atoms with Gasteiger partial charge in [0.15, 0.2) is 0 Å². The van der Waals surface area contributed by atoms with Crippen LogP contribution in [0.15, 0.2) is 28.8 Å². The minimum absolute atomic E-state index is 0.227. The Morgan fingerprint density at radius 3 is 2.88 bits per heavy atom. The molecule has 0 saturated carbocycles. The van der Waals surface area contributed by atoms with Gasteiger partial charge < -0.3 is 9.32 Å². The molecular formula is C10H11ClN4O. The zero-order chi connectivity index (χ0) is 11.4. The van der Waals surface area contributed by atoms with Crippen molar-refractivity contribution in [2.24, 2.45) is 0 Å². The Balaban J connectivity index is 2.05. The quantitative estimate of drug-likeness (QED) is 0.761. The third-order valence-electron chi connectivity index (χ3n) is 2.02. The molecule has 0 aliphatic carbocycles. The van der Waals surface area contributed by atoms with Gasteiger partial charge in [-0.1, -0.05) is 11.2 Å². The molecule has 84 valence electrons. The van der Waals surface area contributed by atoms with Gasteiger partial charge in [0.25, 0.3) is 0 Å². The molecular weight excluding hydrogens is 228 g/mol. The molecule has 16 heavy (non-hydrogen) atoms. The lowest BCUT2D eigenvalue weighted by Crippen LogP contribution is -2.17. The van der Waals surface area contributed by atoms with Crippen LogP contribution in [0.3, 0.4) is 0 Å². The van der Waals surface area contributed by atoms with Crippen LogP contribution in [0.4, 0.5) is 6.01 Å². The normalized spacial score (nSPS) is 10.4. The van der Waals surface area contributed by atoms with Crippen LogP contribution >= 0.6 is 11.6 Å². The van der Waals surface area contributed by atoms with E-state index in [2.05, 4.69) is 15.2 Å². The first-order chi connectivity index (χ1) is 7.79. The van der Waals surface area contributed by atoms with Crippen LogP contribution in [0.25, 0.3) is 0 Å². The predicted molar refractivity (Wildman–Crippen MR) is 60.2 cm³/mol. The molecule has 2 aromatic heterocycles. The third-order valence-corrected chi connectivity index (χ3v) is 2.25. The van der Waals surface area contributed by atoms with E-state index in [0.717, 1.165) is 5.69 Å². The van der Waals surface area contributed by atoms with Crippen LogP contribution < -0.4 is 4.90 Å². The average Bonchev–Trinajstić information content (AvgIpc) is 2.79. The highest BCUT2D eigenvalue weighted by atomic mass is 35.5. The average molecular weight is 239 g/mol.